The molecule has 1 aliphatic heterocycles. The summed E-state index contributed by atoms with van der Waals surface area (Å²) in [4.78, 5) is 27.7. The zero-order valence-corrected chi connectivity index (χ0v) is 20.6. The molecular formula is C28H17NO2STe. The Labute approximate surface area is 205 Å². The number of thiophene rings is 1. The van der Waals surface area contributed by atoms with Crippen molar-refractivity contribution in [2.75, 3.05) is 4.90 Å². The average Bonchev–Trinajstić information content (AvgIpc) is 3.58. The summed E-state index contributed by atoms with van der Waals surface area (Å²) in [7, 11) is 0. The maximum absolute atomic E-state index is 12.7. The third-order valence-corrected chi connectivity index (χ3v) is 10.5. The van der Waals surface area contributed by atoms with E-state index in [9.17, 15) is 9.59 Å². The smallest absolute Gasteiger partial charge is 0.151 e. The van der Waals surface area contributed by atoms with E-state index in [-0.39, 0.29) is 11.6 Å². The van der Waals surface area contributed by atoms with Crippen LogP contribution >= 0.6 is 11.3 Å². The van der Waals surface area contributed by atoms with Gasteiger partial charge in [0.05, 0.1) is 0 Å². The number of nitrogens with zero attached hydrogens (tertiary/aromatic N) is 1. The van der Waals surface area contributed by atoms with Crippen LogP contribution < -0.4 is 12.1 Å². The van der Waals surface area contributed by atoms with Gasteiger partial charge < -0.3 is 0 Å². The molecule has 0 spiro atoms. The van der Waals surface area contributed by atoms with Crippen molar-refractivity contribution in [2.24, 2.45) is 0 Å². The molecule has 3 nitrogen and oxygen atoms in total. The topological polar surface area (TPSA) is 37.4 Å². The van der Waals surface area contributed by atoms with Crippen LogP contribution in [0.5, 0.6) is 0 Å². The van der Waals surface area contributed by atoms with Gasteiger partial charge in [-0.1, -0.05) is 0 Å². The van der Waals surface area contributed by atoms with Gasteiger partial charge in [0, 0.05) is 10.8 Å². The van der Waals surface area contributed by atoms with Crippen LogP contribution in [0.2, 0.25) is 0 Å². The Bertz CT molecular complexity index is 1460. The number of anilines is 2. The van der Waals surface area contributed by atoms with E-state index < -0.39 is 20.9 Å². The summed E-state index contributed by atoms with van der Waals surface area (Å²) in [6.07, 6.45) is 7.93. The van der Waals surface area contributed by atoms with E-state index in [1.54, 1.807) is 10.8 Å². The van der Waals surface area contributed by atoms with Crippen LogP contribution in [0, 0.1) is 0 Å². The summed E-state index contributed by atoms with van der Waals surface area (Å²) in [5, 5.41) is 3.56. The number of Topliss-reactive ketones (excluding diaryl/α,β-unsaturated/α-hetero) is 2. The van der Waals surface area contributed by atoms with Crippen molar-refractivity contribution in [3.05, 3.63) is 117 Å². The van der Waals surface area contributed by atoms with E-state index in [4.69, 9.17) is 0 Å². The summed E-state index contributed by atoms with van der Waals surface area (Å²) in [5.41, 5.74) is 8.98. The molecule has 0 saturated heterocycles. The first-order valence-electron chi connectivity index (χ1n) is 10.8. The molecule has 5 heteroatoms. The van der Waals surface area contributed by atoms with Crippen molar-refractivity contribution in [1.29, 1.82) is 0 Å². The number of ketones is 2. The average molecular weight is 559 g/mol. The Morgan fingerprint density at radius 2 is 1.39 bits per heavy atom. The SMILES string of the molecule is O=C1C(=CC2=CC3=C(C=C(N4c5ccccc5[Te]c5ccccc54)C3)C2)C(=O)c2cscc21. The van der Waals surface area contributed by atoms with E-state index in [2.05, 4.69) is 65.6 Å². The minimum Gasteiger partial charge on any atom is -0.151 e. The van der Waals surface area contributed by atoms with Crippen LogP contribution in [0.4, 0.5) is 11.4 Å². The normalized spacial score (nSPS) is 18.2. The molecule has 0 bridgehead atoms. The van der Waals surface area contributed by atoms with E-state index in [0.717, 1.165) is 18.4 Å². The quantitative estimate of drug-likeness (QED) is 0.258. The molecule has 7 rings (SSSR count). The Morgan fingerprint density at radius 1 is 0.788 bits per heavy atom. The molecule has 33 heavy (non-hydrogen) atoms. The minimum absolute atomic E-state index is 0.133. The van der Waals surface area contributed by atoms with Gasteiger partial charge >= 0.3 is 184 Å². The second-order valence-electron chi connectivity index (χ2n) is 8.55. The Balaban J connectivity index is 1.19. The number of carbonyl (C=O) groups excluding carboxylic acids is 2. The second-order valence-corrected chi connectivity index (χ2v) is 12.4. The number of fused-ring (bicyclic) bond motifs is 3. The van der Waals surface area contributed by atoms with Gasteiger partial charge in [-0.2, -0.15) is 11.3 Å². The summed E-state index contributed by atoms with van der Waals surface area (Å²) < 4.78 is 2.95. The molecule has 0 unspecified atom stereocenters. The summed E-state index contributed by atoms with van der Waals surface area (Å²) >= 11 is 1.02. The van der Waals surface area contributed by atoms with Gasteiger partial charge in [-0.3, -0.25) is 0 Å². The first-order chi connectivity index (χ1) is 16.2. The third kappa shape index (κ3) is 2.93. The van der Waals surface area contributed by atoms with Crippen molar-refractivity contribution < 1.29 is 9.59 Å². The zero-order valence-electron chi connectivity index (χ0n) is 17.5. The van der Waals surface area contributed by atoms with Gasteiger partial charge in [0.15, 0.2) is 0 Å². The summed E-state index contributed by atoms with van der Waals surface area (Å²) in [6, 6.07) is 17.6. The second kappa shape index (κ2) is 7.27. The van der Waals surface area contributed by atoms with Gasteiger partial charge in [0.1, 0.15) is 0 Å². The molecule has 2 heterocycles. The van der Waals surface area contributed by atoms with Gasteiger partial charge in [0.25, 0.3) is 0 Å². The van der Waals surface area contributed by atoms with E-state index in [1.165, 1.54) is 46.8 Å². The minimum atomic E-state index is -0.393. The first kappa shape index (κ1) is 19.5. The van der Waals surface area contributed by atoms with Crippen LogP contribution in [0.3, 0.4) is 0 Å². The number of allylic oxidation sites excluding steroid dienone is 7. The molecule has 0 radical (unpaired) electrons. The summed E-state index contributed by atoms with van der Waals surface area (Å²) in [5.74, 6) is -0.267. The molecular weight excluding hydrogens is 542 g/mol. The Kier molecular flexibility index (Phi) is 4.29. The molecule has 158 valence electrons. The van der Waals surface area contributed by atoms with E-state index in [1.807, 2.05) is 6.08 Å². The molecule has 2 aromatic carbocycles. The van der Waals surface area contributed by atoms with E-state index in [0.29, 0.717) is 16.7 Å². The molecule has 0 fully saturated rings. The Morgan fingerprint density at radius 3 is 2.03 bits per heavy atom. The third-order valence-electron chi connectivity index (χ3n) is 6.57. The molecule has 0 atom stereocenters. The predicted molar refractivity (Wildman–Crippen MR) is 134 cm³/mol. The van der Waals surface area contributed by atoms with Crippen LogP contribution in [0.1, 0.15) is 33.6 Å². The monoisotopic (exact) mass is 561 g/mol. The number of hydrogen-bond acceptors (Lipinski definition) is 4. The number of rotatable bonds is 2. The predicted octanol–water partition coefficient (Wildman–Crippen LogP) is 4.77. The van der Waals surface area contributed by atoms with Gasteiger partial charge in [-0.15, -0.1) is 0 Å². The number of benzene rings is 2. The number of para-hydroxylation sites is 2. The molecule has 3 aromatic rings. The van der Waals surface area contributed by atoms with Gasteiger partial charge in [-0.25, -0.2) is 0 Å². The van der Waals surface area contributed by atoms with Crippen LogP contribution in [-0.2, 0) is 0 Å². The van der Waals surface area contributed by atoms with E-state index >= 15 is 0 Å². The molecule has 3 aliphatic carbocycles. The van der Waals surface area contributed by atoms with Crippen molar-refractivity contribution in [3.63, 3.8) is 0 Å². The van der Waals surface area contributed by atoms with Crippen LogP contribution in [-0.4, -0.2) is 32.5 Å². The first-order valence-corrected chi connectivity index (χ1v) is 14.1. The van der Waals surface area contributed by atoms with Crippen molar-refractivity contribution in [1.82, 2.24) is 0 Å². The molecule has 1 aromatic heterocycles. The van der Waals surface area contributed by atoms with Crippen LogP contribution in [0.25, 0.3) is 0 Å². The maximum atomic E-state index is 12.7. The summed E-state index contributed by atoms with van der Waals surface area (Å²) in [6.45, 7) is 0. The van der Waals surface area contributed by atoms with Gasteiger partial charge in [-0.05, 0) is 0 Å². The zero-order chi connectivity index (χ0) is 22.1. The van der Waals surface area contributed by atoms with Gasteiger partial charge in [0.2, 0.25) is 0 Å². The molecule has 0 saturated carbocycles. The fourth-order valence-electron chi connectivity index (χ4n) is 5.07. The fraction of sp³-hybridized carbons (Fsp3) is 0.0714. The molecule has 0 amide bonds. The van der Waals surface area contributed by atoms with Crippen molar-refractivity contribution in [3.8, 4) is 0 Å². The molecule has 0 N–H and O–H groups in total. The fourth-order valence-corrected chi connectivity index (χ4v) is 8.89. The molecule has 4 aliphatic rings. The van der Waals surface area contributed by atoms with Crippen molar-refractivity contribution in [2.45, 2.75) is 12.8 Å². The Hall–Kier alpha value is -2.97. The number of carbonyl (C=O) groups is 2. The number of hydrogen-bond donors (Lipinski definition) is 0. The standard InChI is InChI=1S/C28H17NO2STe/c30-27-20(28(31)22-15-32-14-21(22)27)11-16-9-17-12-19(13-18(17)10-16)29-23-5-1-3-7-25(23)33-26-8-4-2-6-24(26)29/h1-9,11,13-15H,10,12H2. The van der Waals surface area contributed by atoms with Crippen LogP contribution in [0.15, 0.2) is 106 Å². The van der Waals surface area contributed by atoms with Crippen molar-refractivity contribution >= 4 is 62.4 Å².